The largest absolute Gasteiger partial charge is 0.379 e. The number of rotatable bonds is 9. The van der Waals surface area contributed by atoms with Gasteiger partial charge in [0.1, 0.15) is 5.82 Å². The van der Waals surface area contributed by atoms with Gasteiger partial charge in [0.2, 0.25) is 20.0 Å². The SMILES string of the molecule is CCN(CCCNC(=O)c1cc(S(=O)(=O)N2CCOCC2)ccc1F)S(C)(=O)=O. The minimum atomic E-state index is -3.86. The molecule has 0 saturated carbocycles. The Morgan fingerprint density at radius 2 is 1.90 bits per heavy atom. The molecule has 1 aliphatic rings. The van der Waals surface area contributed by atoms with E-state index >= 15 is 0 Å². The molecular weight excluding hydrogens is 425 g/mol. The van der Waals surface area contributed by atoms with Gasteiger partial charge >= 0.3 is 0 Å². The van der Waals surface area contributed by atoms with E-state index in [1.807, 2.05) is 0 Å². The van der Waals surface area contributed by atoms with E-state index in [9.17, 15) is 26.0 Å². The number of nitrogens with zero attached hydrogens (tertiary/aromatic N) is 2. The van der Waals surface area contributed by atoms with Crippen LogP contribution >= 0.6 is 0 Å². The lowest BCUT2D eigenvalue weighted by Gasteiger charge is -2.26. The van der Waals surface area contributed by atoms with Gasteiger partial charge in [-0.3, -0.25) is 4.79 Å². The Balaban J connectivity index is 2.04. The lowest BCUT2D eigenvalue weighted by atomic mass is 10.2. The Bertz CT molecular complexity index is 930. The van der Waals surface area contributed by atoms with E-state index in [1.165, 1.54) is 8.61 Å². The van der Waals surface area contributed by atoms with Crippen LogP contribution in [0, 0.1) is 5.82 Å². The van der Waals surface area contributed by atoms with Crippen LogP contribution in [0.15, 0.2) is 23.1 Å². The van der Waals surface area contributed by atoms with Crippen molar-refractivity contribution in [2.24, 2.45) is 0 Å². The van der Waals surface area contributed by atoms with Crippen molar-refractivity contribution in [2.75, 3.05) is 52.2 Å². The number of ether oxygens (including phenoxy) is 1. The maximum Gasteiger partial charge on any atom is 0.254 e. The topological polar surface area (TPSA) is 113 Å². The van der Waals surface area contributed by atoms with Crippen LogP contribution in [0.3, 0.4) is 0 Å². The smallest absolute Gasteiger partial charge is 0.254 e. The molecule has 164 valence electrons. The molecule has 1 amide bonds. The van der Waals surface area contributed by atoms with Gasteiger partial charge in [0.25, 0.3) is 5.91 Å². The Labute approximate surface area is 170 Å². The lowest BCUT2D eigenvalue weighted by Crippen LogP contribution is -2.40. The van der Waals surface area contributed by atoms with Crippen molar-refractivity contribution >= 4 is 26.0 Å². The van der Waals surface area contributed by atoms with Crippen molar-refractivity contribution in [3.05, 3.63) is 29.6 Å². The van der Waals surface area contributed by atoms with E-state index < -0.39 is 31.8 Å². The highest BCUT2D eigenvalue weighted by Gasteiger charge is 2.27. The Morgan fingerprint density at radius 1 is 1.24 bits per heavy atom. The minimum absolute atomic E-state index is 0.116. The second-order valence-electron chi connectivity index (χ2n) is 6.52. The number of carbonyl (C=O) groups excluding carboxylic acids is 1. The van der Waals surface area contributed by atoms with Crippen LogP contribution in [-0.2, 0) is 24.8 Å². The second-order valence-corrected chi connectivity index (χ2v) is 10.4. The summed E-state index contributed by atoms with van der Waals surface area (Å²) in [5, 5.41) is 2.50. The first-order valence-corrected chi connectivity index (χ1v) is 12.5. The Hall–Kier alpha value is -1.60. The molecule has 0 aromatic heterocycles. The fraction of sp³-hybridized carbons (Fsp3) is 0.588. The first kappa shape index (κ1) is 23.7. The van der Waals surface area contributed by atoms with Gasteiger partial charge in [-0.1, -0.05) is 6.92 Å². The van der Waals surface area contributed by atoms with Crippen LogP contribution in [0.4, 0.5) is 4.39 Å². The molecule has 0 unspecified atom stereocenters. The summed E-state index contributed by atoms with van der Waals surface area (Å²) in [6, 6.07) is 3.09. The molecule has 1 aromatic carbocycles. The quantitative estimate of drug-likeness (QED) is 0.539. The zero-order chi connectivity index (χ0) is 21.7. The maximum absolute atomic E-state index is 14.1. The van der Waals surface area contributed by atoms with Crippen molar-refractivity contribution in [1.29, 1.82) is 0 Å². The van der Waals surface area contributed by atoms with E-state index in [1.54, 1.807) is 6.92 Å². The molecule has 1 heterocycles. The monoisotopic (exact) mass is 451 g/mol. The zero-order valence-electron chi connectivity index (χ0n) is 16.4. The average molecular weight is 452 g/mol. The highest BCUT2D eigenvalue weighted by molar-refractivity contribution is 7.89. The number of benzene rings is 1. The second kappa shape index (κ2) is 9.94. The fourth-order valence-electron chi connectivity index (χ4n) is 2.89. The lowest BCUT2D eigenvalue weighted by molar-refractivity contribution is 0.0730. The van der Waals surface area contributed by atoms with Crippen molar-refractivity contribution in [2.45, 2.75) is 18.2 Å². The molecule has 0 radical (unpaired) electrons. The molecule has 0 aliphatic carbocycles. The summed E-state index contributed by atoms with van der Waals surface area (Å²) in [5.41, 5.74) is -0.380. The number of halogens is 1. The van der Waals surface area contributed by atoms with Crippen molar-refractivity contribution in [1.82, 2.24) is 13.9 Å². The summed E-state index contributed by atoms with van der Waals surface area (Å²) in [6.07, 6.45) is 1.44. The molecule has 29 heavy (non-hydrogen) atoms. The van der Waals surface area contributed by atoms with E-state index in [0.29, 0.717) is 13.0 Å². The van der Waals surface area contributed by atoms with Gasteiger partial charge in [-0.05, 0) is 24.6 Å². The third-order valence-corrected chi connectivity index (χ3v) is 7.76. The van der Waals surface area contributed by atoms with Gasteiger partial charge in [-0.2, -0.15) is 4.31 Å². The molecule has 1 aliphatic heterocycles. The first-order chi connectivity index (χ1) is 13.6. The normalized spacial score (nSPS) is 16.1. The summed E-state index contributed by atoms with van der Waals surface area (Å²) in [4.78, 5) is 12.2. The van der Waals surface area contributed by atoms with E-state index in [2.05, 4.69) is 5.32 Å². The number of nitrogens with one attached hydrogen (secondary N) is 1. The van der Waals surface area contributed by atoms with Crippen LogP contribution < -0.4 is 5.32 Å². The van der Waals surface area contributed by atoms with E-state index in [-0.39, 0.29) is 49.9 Å². The molecule has 9 nitrogen and oxygen atoms in total. The van der Waals surface area contributed by atoms with Crippen molar-refractivity contribution in [3.63, 3.8) is 0 Å². The summed E-state index contributed by atoms with van der Waals surface area (Å²) in [7, 11) is -7.18. The third-order valence-electron chi connectivity index (χ3n) is 4.48. The predicted molar refractivity (Wildman–Crippen MR) is 105 cm³/mol. The standard InChI is InChI=1S/C17H26FN3O6S2/c1-3-20(28(2,23)24)8-4-7-19-17(22)15-13-14(5-6-16(15)18)29(25,26)21-9-11-27-12-10-21/h5-6,13H,3-4,7-12H2,1-2H3,(H,19,22). The summed E-state index contributed by atoms with van der Waals surface area (Å²) in [6.45, 7) is 3.27. The van der Waals surface area contributed by atoms with Gasteiger partial charge in [0.15, 0.2) is 0 Å². The molecule has 1 fully saturated rings. The molecule has 0 bridgehead atoms. The highest BCUT2D eigenvalue weighted by atomic mass is 32.2. The number of hydrogen-bond acceptors (Lipinski definition) is 6. The third kappa shape index (κ3) is 6.19. The van der Waals surface area contributed by atoms with E-state index in [4.69, 9.17) is 4.74 Å². The van der Waals surface area contributed by atoms with Gasteiger partial charge < -0.3 is 10.1 Å². The van der Waals surface area contributed by atoms with Crippen LogP contribution in [-0.4, -0.2) is 83.5 Å². The fourth-order valence-corrected chi connectivity index (χ4v) is 5.25. The van der Waals surface area contributed by atoms with E-state index in [0.717, 1.165) is 24.5 Å². The number of morpholine rings is 1. The Kier molecular flexibility index (Phi) is 8.11. The van der Waals surface area contributed by atoms with Gasteiger partial charge in [0.05, 0.1) is 29.9 Å². The molecule has 1 N–H and O–H groups in total. The van der Waals surface area contributed by atoms with Crippen molar-refractivity contribution < 1.29 is 30.8 Å². The summed E-state index contributed by atoms with van der Waals surface area (Å²) in [5.74, 6) is -1.60. The van der Waals surface area contributed by atoms with Crippen LogP contribution in [0.5, 0.6) is 0 Å². The number of hydrogen-bond donors (Lipinski definition) is 1. The molecular formula is C17H26FN3O6S2. The van der Waals surface area contributed by atoms with Gasteiger partial charge in [-0.15, -0.1) is 0 Å². The summed E-state index contributed by atoms with van der Waals surface area (Å²) >= 11 is 0. The predicted octanol–water partition coefficient (Wildman–Crippen LogP) is 0.248. The molecule has 1 saturated heterocycles. The maximum atomic E-state index is 14.1. The molecule has 2 rings (SSSR count). The first-order valence-electron chi connectivity index (χ1n) is 9.18. The van der Waals surface area contributed by atoms with Crippen LogP contribution in [0.1, 0.15) is 23.7 Å². The molecule has 0 spiro atoms. The molecule has 12 heteroatoms. The highest BCUT2D eigenvalue weighted by Crippen LogP contribution is 2.20. The zero-order valence-corrected chi connectivity index (χ0v) is 18.1. The van der Waals surface area contributed by atoms with Gasteiger partial charge in [0, 0.05) is 32.7 Å². The van der Waals surface area contributed by atoms with Crippen LogP contribution in [0.2, 0.25) is 0 Å². The number of sulfonamides is 2. The average Bonchev–Trinajstić information content (AvgIpc) is 2.67. The molecule has 1 aromatic rings. The van der Waals surface area contributed by atoms with Crippen molar-refractivity contribution in [3.8, 4) is 0 Å². The minimum Gasteiger partial charge on any atom is -0.379 e. The van der Waals surface area contributed by atoms with Crippen LogP contribution in [0.25, 0.3) is 0 Å². The van der Waals surface area contributed by atoms with Gasteiger partial charge in [-0.25, -0.2) is 25.5 Å². The Morgan fingerprint density at radius 3 is 2.48 bits per heavy atom. The number of amides is 1. The molecule has 0 atom stereocenters. The number of carbonyl (C=O) groups is 1. The summed E-state index contributed by atoms with van der Waals surface area (Å²) < 4.78 is 70.2.